The van der Waals surface area contributed by atoms with Crippen molar-refractivity contribution >= 4 is 23.5 Å². The Labute approximate surface area is 115 Å². The molecule has 0 radical (unpaired) electrons. The van der Waals surface area contributed by atoms with E-state index < -0.39 is 0 Å². The summed E-state index contributed by atoms with van der Waals surface area (Å²) in [4.78, 5) is 25.8. The first-order valence-corrected chi connectivity index (χ1v) is 8.24. The zero-order chi connectivity index (χ0) is 13.5. The van der Waals surface area contributed by atoms with Crippen molar-refractivity contribution in [3.8, 4) is 0 Å². The fraction of sp³-hybridized carbons (Fsp3) is 0.857. The summed E-state index contributed by atoms with van der Waals surface area (Å²) in [5, 5.41) is 0. The molecule has 0 aromatic heterocycles. The molecule has 1 heterocycles. The van der Waals surface area contributed by atoms with Crippen molar-refractivity contribution in [1.29, 1.82) is 0 Å². The SMILES string of the molecule is CSCC(C)C(=O)N1CCCCCC1CC(C)=O. The molecule has 1 fully saturated rings. The fourth-order valence-corrected chi connectivity index (χ4v) is 3.26. The Morgan fingerprint density at radius 1 is 1.33 bits per heavy atom. The summed E-state index contributed by atoms with van der Waals surface area (Å²) in [6, 6.07) is 0.141. The quantitative estimate of drug-likeness (QED) is 0.771. The van der Waals surface area contributed by atoms with Crippen molar-refractivity contribution in [3.63, 3.8) is 0 Å². The molecular formula is C14H25NO2S. The molecule has 1 aliphatic rings. The van der Waals surface area contributed by atoms with E-state index in [0.717, 1.165) is 31.6 Å². The molecule has 1 rings (SSSR count). The van der Waals surface area contributed by atoms with Crippen molar-refractivity contribution in [3.05, 3.63) is 0 Å². The molecule has 1 saturated heterocycles. The van der Waals surface area contributed by atoms with Crippen molar-refractivity contribution in [2.75, 3.05) is 18.6 Å². The molecule has 3 nitrogen and oxygen atoms in total. The molecule has 0 spiro atoms. The number of amides is 1. The predicted octanol–water partition coefficient (Wildman–Crippen LogP) is 2.74. The third-order valence-corrected chi connectivity index (χ3v) is 4.35. The van der Waals surface area contributed by atoms with Crippen molar-refractivity contribution < 1.29 is 9.59 Å². The van der Waals surface area contributed by atoms with Gasteiger partial charge in [-0.25, -0.2) is 0 Å². The van der Waals surface area contributed by atoms with E-state index in [2.05, 4.69) is 0 Å². The number of hydrogen-bond acceptors (Lipinski definition) is 3. The zero-order valence-electron chi connectivity index (χ0n) is 11.8. The van der Waals surface area contributed by atoms with Gasteiger partial charge in [0.1, 0.15) is 5.78 Å². The third-order valence-electron chi connectivity index (χ3n) is 3.52. The van der Waals surface area contributed by atoms with Gasteiger partial charge in [0.25, 0.3) is 0 Å². The minimum atomic E-state index is 0.0626. The largest absolute Gasteiger partial charge is 0.339 e. The lowest BCUT2D eigenvalue weighted by atomic mass is 10.0. The normalized spacial score (nSPS) is 22.4. The van der Waals surface area contributed by atoms with E-state index in [-0.39, 0.29) is 23.7 Å². The summed E-state index contributed by atoms with van der Waals surface area (Å²) >= 11 is 1.71. The average Bonchev–Trinajstić information content (AvgIpc) is 2.53. The second-order valence-corrected chi connectivity index (χ2v) is 6.21. The summed E-state index contributed by atoms with van der Waals surface area (Å²) in [5.74, 6) is 1.35. The van der Waals surface area contributed by atoms with E-state index in [0.29, 0.717) is 6.42 Å². The molecule has 0 aromatic rings. The highest BCUT2D eigenvalue weighted by Gasteiger charge is 2.28. The lowest BCUT2D eigenvalue weighted by molar-refractivity contribution is -0.137. The molecule has 0 aromatic carbocycles. The van der Waals surface area contributed by atoms with Crippen LogP contribution in [0.25, 0.3) is 0 Å². The summed E-state index contributed by atoms with van der Waals surface area (Å²) < 4.78 is 0. The molecule has 0 N–H and O–H groups in total. The predicted molar refractivity (Wildman–Crippen MR) is 76.8 cm³/mol. The molecule has 1 amide bonds. The van der Waals surface area contributed by atoms with Crippen LogP contribution in [-0.4, -0.2) is 41.2 Å². The van der Waals surface area contributed by atoms with Crippen LogP contribution < -0.4 is 0 Å². The number of carbonyl (C=O) groups is 2. The lowest BCUT2D eigenvalue weighted by Crippen LogP contribution is -2.44. The van der Waals surface area contributed by atoms with Gasteiger partial charge in [0, 0.05) is 30.7 Å². The first-order valence-electron chi connectivity index (χ1n) is 6.85. The maximum atomic E-state index is 12.4. The van der Waals surface area contributed by atoms with Crippen LogP contribution in [0.5, 0.6) is 0 Å². The van der Waals surface area contributed by atoms with Crippen LogP contribution in [0.3, 0.4) is 0 Å². The van der Waals surface area contributed by atoms with Gasteiger partial charge in [0.2, 0.25) is 5.91 Å². The van der Waals surface area contributed by atoms with E-state index in [4.69, 9.17) is 0 Å². The summed E-state index contributed by atoms with van der Waals surface area (Å²) in [7, 11) is 0. The van der Waals surface area contributed by atoms with E-state index in [9.17, 15) is 9.59 Å². The van der Waals surface area contributed by atoms with Crippen LogP contribution >= 0.6 is 11.8 Å². The number of hydrogen-bond donors (Lipinski definition) is 0. The molecule has 2 unspecified atom stereocenters. The van der Waals surface area contributed by atoms with Crippen LogP contribution in [0.15, 0.2) is 0 Å². The molecule has 104 valence electrons. The van der Waals surface area contributed by atoms with Crippen LogP contribution in [-0.2, 0) is 9.59 Å². The van der Waals surface area contributed by atoms with Gasteiger partial charge in [-0.2, -0.15) is 11.8 Å². The molecule has 0 aliphatic carbocycles. The summed E-state index contributed by atoms with van der Waals surface area (Å²) in [5.41, 5.74) is 0. The smallest absolute Gasteiger partial charge is 0.226 e. The lowest BCUT2D eigenvalue weighted by Gasteiger charge is -2.31. The minimum absolute atomic E-state index is 0.0626. The van der Waals surface area contributed by atoms with Crippen LogP contribution in [0.1, 0.15) is 46.0 Å². The number of thioether (sulfide) groups is 1. The maximum Gasteiger partial charge on any atom is 0.226 e. The highest BCUT2D eigenvalue weighted by atomic mass is 32.2. The Kier molecular flexibility index (Phi) is 6.76. The number of Topliss-reactive ketones (excluding diaryl/α,β-unsaturated/α-hetero) is 1. The molecule has 1 aliphatic heterocycles. The van der Waals surface area contributed by atoms with Crippen LogP contribution in [0, 0.1) is 5.92 Å². The highest BCUT2D eigenvalue weighted by Crippen LogP contribution is 2.22. The molecule has 0 bridgehead atoms. The average molecular weight is 271 g/mol. The van der Waals surface area contributed by atoms with Gasteiger partial charge in [0.15, 0.2) is 0 Å². The highest BCUT2D eigenvalue weighted by molar-refractivity contribution is 7.98. The van der Waals surface area contributed by atoms with Crippen LogP contribution in [0.2, 0.25) is 0 Å². The van der Waals surface area contributed by atoms with E-state index in [1.807, 2.05) is 18.1 Å². The zero-order valence-corrected chi connectivity index (χ0v) is 12.6. The van der Waals surface area contributed by atoms with Gasteiger partial charge < -0.3 is 4.90 Å². The Morgan fingerprint density at radius 3 is 2.67 bits per heavy atom. The standard InChI is InChI=1S/C14H25NO2S/c1-11(10-18-3)14(17)15-8-6-4-5-7-13(15)9-12(2)16/h11,13H,4-10H2,1-3H3. The summed E-state index contributed by atoms with van der Waals surface area (Å²) in [6.07, 6.45) is 6.92. The number of rotatable bonds is 5. The minimum Gasteiger partial charge on any atom is -0.339 e. The third kappa shape index (κ3) is 4.63. The molecule has 0 saturated carbocycles. The Morgan fingerprint density at radius 2 is 2.06 bits per heavy atom. The number of carbonyl (C=O) groups excluding carboxylic acids is 2. The number of ketones is 1. The van der Waals surface area contributed by atoms with Crippen LogP contribution in [0.4, 0.5) is 0 Å². The molecule has 2 atom stereocenters. The second-order valence-electron chi connectivity index (χ2n) is 5.30. The van der Waals surface area contributed by atoms with Crippen molar-refractivity contribution in [2.24, 2.45) is 5.92 Å². The monoisotopic (exact) mass is 271 g/mol. The number of likely N-dealkylation sites (tertiary alicyclic amines) is 1. The first kappa shape index (κ1) is 15.5. The van der Waals surface area contributed by atoms with E-state index in [1.54, 1.807) is 18.7 Å². The summed E-state index contributed by atoms with van der Waals surface area (Å²) in [6.45, 7) is 4.45. The molecular weight excluding hydrogens is 246 g/mol. The van der Waals surface area contributed by atoms with Crippen molar-refractivity contribution in [2.45, 2.75) is 52.0 Å². The number of nitrogens with zero attached hydrogens (tertiary/aromatic N) is 1. The Hall–Kier alpha value is -0.510. The van der Waals surface area contributed by atoms with Gasteiger partial charge in [-0.1, -0.05) is 19.8 Å². The van der Waals surface area contributed by atoms with Gasteiger partial charge in [-0.3, -0.25) is 9.59 Å². The topological polar surface area (TPSA) is 37.4 Å². The Bertz CT molecular complexity index is 294. The van der Waals surface area contributed by atoms with Gasteiger partial charge in [-0.05, 0) is 26.0 Å². The molecule has 4 heteroatoms. The first-order chi connectivity index (χ1) is 8.56. The maximum absolute atomic E-state index is 12.4. The fourth-order valence-electron chi connectivity index (χ4n) is 2.62. The Balaban J connectivity index is 2.71. The second kappa shape index (κ2) is 7.82. The van der Waals surface area contributed by atoms with Gasteiger partial charge in [-0.15, -0.1) is 0 Å². The van der Waals surface area contributed by atoms with Gasteiger partial charge in [0.05, 0.1) is 0 Å². The van der Waals surface area contributed by atoms with E-state index >= 15 is 0 Å². The van der Waals surface area contributed by atoms with Gasteiger partial charge >= 0.3 is 0 Å². The molecule has 18 heavy (non-hydrogen) atoms. The van der Waals surface area contributed by atoms with Crippen molar-refractivity contribution in [1.82, 2.24) is 4.90 Å². The van der Waals surface area contributed by atoms with E-state index in [1.165, 1.54) is 6.42 Å².